The molecule has 3 aromatic rings. The molecule has 166 valence electrons. The quantitative estimate of drug-likeness (QED) is 0.269. The molecule has 0 fully saturated rings. The van der Waals surface area contributed by atoms with Gasteiger partial charge in [0.25, 0.3) is 5.91 Å². The van der Waals surface area contributed by atoms with Gasteiger partial charge in [0.05, 0.1) is 18.4 Å². The number of hydrogen-bond donors (Lipinski definition) is 1. The van der Waals surface area contributed by atoms with Gasteiger partial charge in [-0.3, -0.25) is 14.6 Å². The summed E-state index contributed by atoms with van der Waals surface area (Å²) >= 11 is 0. The summed E-state index contributed by atoms with van der Waals surface area (Å²) in [5, 5.41) is 3.76. The van der Waals surface area contributed by atoms with Gasteiger partial charge < -0.3 is 14.8 Å². The first-order valence-corrected chi connectivity index (χ1v) is 10.7. The first kappa shape index (κ1) is 22.4. The van der Waals surface area contributed by atoms with E-state index in [9.17, 15) is 14.4 Å². The molecule has 3 aromatic carbocycles. The number of esters is 2. The summed E-state index contributed by atoms with van der Waals surface area (Å²) in [4.78, 5) is 41.4. The number of rotatable bonds is 5. The fourth-order valence-electron chi connectivity index (χ4n) is 3.56. The molecule has 0 bridgehead atoms. The van der Waals surface area contributed by atoms with Gasteiger partial charge in [-0.15, -0.1) is 9.24 Å². The molecule has 1 amide bonds. The Bertz CT molecular complexity index is 1280. The zero-order valence-electron chi connectivity index (χ0n) is 18.0. The number of nitrogens with zero attached hydrogens (tertiary/aromatic N) is 1. The number of aliphatic imine (C=N–C) groups is 1. The normalized spacial score (nSPS) is 14.9. The van der Waals surface area contributed by atoms with Gasteiger partial charge in [-0.05, 0) is 60.8 Å². The Morgan fingerprint density at radius 2 is 1.73 bits per heavy atom. The van der Waals surface area contributed by atoms with Crippen LogP contribution in [-0.4, -0.2) is 30.7 Å². The average molecular weight is 460 g/mol. The lowest BCUT2D eigenvalue weighted by Crippen LogP contribution is -2.17. The van der Waals surface area contributed by atoms with Gasteiger partial charge in [0.2, 0.25) is 0 Å². The fourth-order valence-corrected chi connectivity index (χ4v) is 3.84. The van der Waals surface area contributed by atoms with E-state index in [4.69, 9.17) is 9.47 Å². The van der Waals surface area contributed by atoms with E-state index in [2.05, 4.69) is 19.5 Å². The highest BCUT2D eigenvalue weighted by Crippen LogP contribution is 2.37. The van der Waals surface area contributed by atoms with Gasteiger partial charge in [0.1, 0.15) is 11.7 Å². The van der Waals surface area contributed by atoms with Crippen molar-refractivity contribution in [3.05, 3.63) is 83.4 Å². The summed E-state index contributed by atoms with van der Waals surface area (Å²) < 4.78 is 10.1. The summed E-state index contributed by atoms with van der Waals surface area (Å²) in [7, 11) is 3.88. The third-order valence-electron chi connectivity index (χ3n) is 5.25. The molecule has 0 radical (unpaired) electrons. The van der Waals surface area contributed by atoms with Crippen molar-refractivity contribution in [3.8, 4) is 5.75 Å². The van der Waals surface area contributed by atoms with E-state index in [0.717, 1.165) is 11.0 Å². The van der Waals surface area contributed by atoms with Crippen LogP contribution in [0, 0.1) is 0 Å². The predicted molar refractivity (Wildman–Crippen MR) is 129 cm³/mol. The SMILES string of the molecule is COC(=O)c1ccc2c(c1)C(C(C)=Nc1ccc(C(=O)Nc3ccccc3P)cc1)C(=O)O2. The summed E-state index contributed by atoms with van der Waals surface area (Å²) in [5.74, 6) is -1.52. The molecule has 1 N–H and O–H groups in total. The molecule has 0 saturated heterocycles. The minimum absolute atomic E-state index is 0.235. The molecule has 1 aliphatic heterocycles. The Hall–Kier alpha value is -3.83. The van der Waals surface area contributed by atoms with Crippen molar-refractivity contribution in [2.45, 2.75) is 12.8 Å². The number of amides is 1. The van der Waals surface area contributed by atoms with Gasteiger partial charge >= 0.3 is 11.9 Å². The van der Waals surface area contributed by atoms with Crippen LogP contribution in [0.25, 0.3) is 0 Å². The van der Waals surface area contributed by atoms with Crippen molar-refractivity contribution < 1.29 is 23.9 Å². The van der Waals surface area contributed by atoms with Crippen molar-refractivity contribution in [2.24, 2.45) is 4.99 Å². The third-order valence-corrected chi connectivity index (χ3v) is 5.75. The number of ether oxygens (including phenoxy) is 2. The van der Waals surface area contributed by atoms with Crippen LogP contribution in [-0.2, 0) is 9.53 Å². The Kier molecular flexibility index (Phi) is 6.33. The largest absolute Gasteiger partial charge is 0.465 e. The number of nitrogens with one attached hydrogen (secondary N) is 1. The highest BCUT2D eigenvalue weighted by molar-refractivity contribution is 7.28. The van der Waals surface area contributed by atoms with Gasteiger partial charge in [0.15, 0.2) is 0 Å². The Morgan fingerprint density at radius 1 is 1.03 bits per heavy atom. The summed E-state index contributed by atoms with van der Waals surface area (Å²) in [6.07, 6.45) is 0. The molecular formula is C25H21N2O5P. The minimum Gasteiger partial charge on any atom is -0.465 e. The van der Waals surface area contributed by atoms with E-state index in [1.165, 1.54) is 7.11 Å². The maximum atomic E-state index is 12.5. The second-order valence-corrected chi connectivity index (χ2v) is 8.06. The molecular weight excluding hydrogens is 439 g/mol. The molecule has 4 rings (SSSR count). The number of fused-ring (bicyclic) bond motifs is 1. The molecule has 8 heteroatoms. The van der Waals surface area contributed by atoms with Crippen LogP contribution in [0.1, 0.15) is 39.1 Å². The summed E-state index contributed by atoms with van der Waals surface area (Å²) in [5.41, 5.74) is 3.19. The molecule has 7 nitrogen and oxygen atoms in total. The first-order chi connectivity index (χ1) is 15.9. The molecule has 0 aromatic heterocycles. The topological polar surface area (TPSA) is 94.1 Å². The average Bonchev–Trinajstić information content (AvgIpc) is 3.15. The van der Waals surface area contributed by atoms with Crippen LogP contribution in [0.4, 0.5) is 11.4 Å². The van der Waals surface area contributed by atoms with E-state index in [0.29, 0.717) is 33.8 Å². The van der Waals surface area contributed by atoms with Crippen LogP contribution in [0.2, 0.25) is 0 Å². The molecule has 2 atom stereocenters. The lowest BCUT2D eigenvalue weighted by molar-refractivity contribution is -0.132. The third kappa shape index (κ3) is 4.69. The second-order valence-electron chi connectivity index (χ2n) is 7.44. The van der Waals surface area contributed by atoms with Crippen LogP contribution in [0.3, 0.4) is 0 Å². The number of methoxy groups -OCH3 is 1. The zero-order valence-corrected chi connectivity index (χ0v) is 19.1. The minimum atomic E-state index is -0.730. The smallest absolute Gasteiger partial charge is 0.337 e. The van der Waals surface area contributed by atoms with Crippen LogP contribution in [0.15, 0.2) is 71.7 Å². The van der Waals surface area contributed by atoms with Gasteiger partial charge in [-0.2, -0.15) is 0 Å². The van der Waals surface area contributed by atoms with Crippen molar-refractivity contribution in [1.29, 1.82) is 0 Å². The first-order valence-electron chi connectivity index (χ1n) is 10.1. The van der Waals surface area contributed by atoms with E-state index in [1.807, 2.05) is 24.3 Å². The van der Waals surface area contributed by atoms with Crippen molar-refractivity contribution in [2.75, 3.05) is 12.4 Å². The number of carbonyl (C=O) groups is 3. The Morgan fingerprint density at radius 3 is 2.42 bits per heavy atom. The number of carbonyl (C=O) groups excluding carboxylic acids is 3. The molecule has 2 unspecified atom stereocenters. The Labute approximate surface area is 193 Å². The van der Waals surface area contributed by atoms with E-state index >= 15 is 0 Å². The van der Waals surface area contributed by atoms with E-state index in [1.54, 1.807) is 49.4 Å². The molecule has 0 saturated carbocycles. The van der Waals surface area contributed by atoms with Gasteiger partial charge in [0, 0.05) is 22.5 Å². The monoisotopic (exact) mass is 460 g/mol. The van der Waals surface area contributed by atoms with E-state index in [-0.39, 0.29) is 5.91 Å². The van der Waals surface area contributed by atoms with Crippen LogP contribution < -0.4 is 15.4 Å². The van der Waals surface area contributed by atoms with Gasteiger partial charge in [-0.1, -0.05) is 18.2 Å². The molecule has 1 heterocycles. The standard InChI is InChI=1S/C25H21N2O5P/c1-14(22-18-13-16(24(29)31-2)9-12-20(18)32-25(22)30)26-17-10-7-15(8-11-17)23(28)27-19-5-3-4-6-21(19)33/h3-13,22H,33H2,1-2H3,(H,27,28). The van der Waals surface area contributed by atoms with Crippen molar-refractivity contribution >= 4 is 49.5 Å². The number of benzene rings is 3. The maximum absolute atomic E-state index is 12.5. The summed E-state index contributed by atoms with van der Waals surface area (Å²) in [6, 6.07) is 18.9. The summed E-state index contributed by atoms with van der Waals surface area (Å²) in [6.45, 7) is 1.72. The highest BCUT2D eigenvalue weighted by Gasteiger charge is 2.36. The lowest BCUT2D eigenvalue weighted by atomic mass is 9.94. The highest BCUT2D eigenvalue weighted by atomic mass is 31.0. The second kappa shape index (κ2) is 9.35. The Balaban J connectivity index is 1.54. The molecule has 0 aliphatic carbocycles. The van der Waals surface area contributed by atoms with Crippen molar-refractivity contribution in [3.63, 3.8) is 0 Å². The fraction of sp³-hybridized carbons (Fsp3) is 0.120. The van der Waals surface area contributed by atoms with E-state index < -0.39 is 17.9 Å². The molecule has 1 aliphatic rings. The zero-order chi connectivity index (χ0) is 23.5. The number of para-hydroxylation sites is 1. The van der Waals surface area contributed by atoms with Crippen LogP contribution in [0.5, 0.6) is 5.75 Å². The molecule has 33 heavy (non-hydrogen) atoms. The molecule has 0 spiro atoms. The number of hydrogen-bond acceptors (Lipinski definition) is 6. The lowest BCUT2D eigenvalue weighted by Gasteiger charge is -2.09. The van der Waals surface area contributed by atoms with Crippen LogP contribution >= 0.6 is 9.24 Å². The maximum Gasteiger partial charge on any atom is 0.337 e. The predicted octanol–water partition coefficient (Wildman–Crippen LogP) is 4.02. The van der Waals surface area contributed by atoms with Crippen molar-refractivity contribution in [1.82, 2.24) is 0 Å². The number of anilines is 1. The van der Waals surface area contributed by atoms with Gasteiger partial charge in [-0.25, -0.2) is 4.79 Å².